The molecule has 3 heteroatoms. The zero-order chi connectivity index (χ0) is 9.78. The van der Waals surface area contributed by atoms with Crippen molar-refractivity contribution < 1.29 is 14.6 Å². The van der Waals surface area contributed by atoms with Gasteiger partial charge >= 0.3 is 5.97 Å². The number of rotatable bonds is 4. The van der Waals surface area contributed by atoms with Crippen LogP contribution in [0.3, 0.4) is 0 Å². The maximum absolute atomic E-state index is 10.2. The van der Waals surface area contributed by atoms with E-state index in [0.717, 1.165) is 0 Å². The summed E-state index contributed by atoms with van der Waals surface area (Å²) in [4.78, 5) is 10.2. The van der Waals surface area contributed by atoms with Gasteiger partial charge in [-0.2, -0.15) is 0 Å². The van der Waals surface area contributed by atoms with Crippen LogP contribution in [0, 0.1) is 0 Å². The lowest BCUT2D eigenvalue weighted by atomic mass is 10.2. The third-order valence-electron chi connectivity index (χ3n) is 1.07. The van der Waals surface area contributed by atoms with Gasteiger partial charge in [-0.15, -0.1) is 0 Å². The Balaban J connectivity index is 3.68. The molecule has 70 valence electrons. The quantitative estimate of drug-likeness (QED) is 0.661. The highest BCUT2D eigenvalue weighted by molar-refractivity contribution is 5.66. The molecule has 0 aromatic rings. The molecule has 0 aromatic carbocycles. The van der Waals surface area contributed by atoms with E-state index in [2.05, 4.69) is 6.58 Å². The van der Waals surface area contributed by atoms with Gasteiger partial charge in [0.2, 0.25) is 0 Å². The Morgan fingerprint density at radius 2 is 1.92 bits per heavy atom. The van der Waals surface area contributed by atoms with E-state index in [0.29, 0.717) is 12.2 Å². The van der Waals surface area contributed by atoms with Gasteiger partial charge in [0.25, 0.3) is 0 Å². The molecule has 0 bridgehead atoms. The second-order valence-electron chi connectivity index (χ2n) is 3.65. The normalized spacial score (nSPS) is 10.9. The van der Waals surface area contributed by atoms with Gasteiger partial charge in [-0.3, -0.25) is 4.79 Å². The molecule has 0 spiro atoms. The van der Waals surface area contributed by atoms with Gasteiger partial charge in [-0.05, 0) is 20.8 Å². The number of hydrogen-bond acceptors (Lipinski definition) is 2. The van der Waals surface area contributed by atoms with Gasteiger partial charge in [0.15, 0.2) is 0 Å². The summed E-state index contributed by atoms with van der Waals surface area (Å²) in [6.07, 6.45) is 0.460. The molecule has 0 aromatic heterocycles. The predicted molar refractivity (Wildman–Crippen MR) is 46.8 cm³/mol. The summed E-state index contributed by atoms with van der Waals surface area (Å²) in [7, 11) is 0. The van der Waals surface area contributed by atoms with Crippen molar-refractivity contribution in [1.82, 2.24) is 0 Å². The highest BCUT2D eigenvalue weighted by Crippen LogP contribution is 2.15. The Kier molecular flexibility index (Phi) is 3.80. The van der Waals surface area contributed by atoms with Crippen LogP contribution in [-0.2, 0) is 9.53 Å². The fourth-order valence-corrected chi connectivity index (χ4v) is 0.730. The van der Waals surface area contributed by atoms with E-state index in [-0.39, 0.29) is 12.0 Å². The van der Waals surface area contributed by atoms with E-state index >= 15 is 0 Å². The number of carboxylic acids is 1. The Labute approximate surface area is 73.0 Å². The van der Waals surface area contributed by atoms with Crippen LogP contribution in [0.2, 0.25) is 0 Å². The van der Waals surface area contributed by atoms with Crippen molar-refractivity contribution in [2.75, 3.05) is 0 Å². The summed E-state index contributed by atoms with van der Waals surface area (Å²) in [5.74, 6) is -0.293. The van der Waals surface area contributed by atoms with Crippen molar-refractivity contribution in [3.63, 3.8) is 0 Å². The number of hydrogen-bond donors (Lipinski definition) is 1. The molecule has 0 heterocycles. The van der Waals surface area contributed by atoms with Gasteiger partial charge in [0.05, 0.1) is 12.2 Å². The fraction of sp³-hybridized carbons (Fsp3) is 0.667. The van der Waals surface area contributed by atoms with Crippen LogP contribution >= 0.6 is 0 Å². The zero-order valence-electron chi connectivity index (χ0n) is 7.89. The van der Waals surface area contributed by atoms with Crippen LogP contribution in [0.5, 0.6) is 0 Å². The Bertz CT molecular complexity index is 177. The van der Waals surface area contributed by atoms with Crippen LogP contribution in [0.25, 0.3) is 0 Å². The molecule has 1 N–H and O–H groups in total. The minimum absolute atomic E-state index is 0.0783. The average molecular weight is 172 g/mol. The van der Waals surface area contributed by atoms with E-state index < -0.39 is 5.97 Å². The third-order valence-corrected chi connectivity index (χ3v) is 1.07. The first kappa shape index (κ1) is 11.0. The molecule has 0 aliphatic carbocycles. The van der Waals surface area contributed by atoms with Crippen molar-refractivity contribution in [2.24, 2.45) is 0 Å². The second-order valence-corrected chi connectivity index (χ2v) is 3.65. The first-order valence-electron chi connectivity index (χ1n) is 3.90. The van der Waals surface area contributed by atoms with Crippen LogP contribution in [0.4, 0.5) is 0 Å². The molecule has 0 amide bonds. The predicted octanol–water partition coefficient (Wildman–Crippen LogP) is 2.18. The molecule has 3 nitrogen and oxygen atoms in total. The molecule has 0 unspecified atom stereocenters. The van der Waals surface area contributed by atoms with Crippen LogP contribution in [0.15, 0.2) is 12.3 Å². The standard InChI is InChI=1S/C9H16O3/c1-7(5-6-8(10)11)12-9(2,3)4/h1,5-6H2,2-4H3,(H,10,11). The molecule has 0 rings (SSSR count). The number of ether oxygens (including phenoxy) is 1. The monoisotopic (exact) mass is 172 g/mol. The number of carboxylic acid groups (broad SMARTS) is 1. The fourth-order valence-electron chi connectivity index (χ4n) is 0.730. The maximum atomic E-state index is 10.2. The van der Waals surface area contributed by atoms with E-state index in [1.807, 2.05) is 20.8 Å². The third kappa shape index (κ3) is 7.12. The van der Waals surface area contributed by atoms with Gasteiger partial charge in [0, 0.05) is 6.42 Å². The first-order chi connectivity index (χ1) is 5.31. The van der Waals surface area contributed by atoms with Crippen molar-refractivity contribution in [3.05, 3.63) is 12.3 Å². The minimum atomic E-state index is -0.825. The van der Waals surface area contributed by atoms with Gasteiger partial charge in [-0.25, -0.2) is 0 Å². The molecular weight excluding hydrogens is 156 g/mol. The molecule has 0 saturated heterocycles. The summed E-state index contributed by atoms with van der Waals surface area (Å²) in [5.41, 5.74) is -0.282. The number of allylic oxidation sites excluding steroid dienone is 1. The largest absolute Gasteiger partial charge is 0.493 e. The zero-order valence-corrected chi connectivity index (χ0v) is 7.89. The lowest BCUT2D eigenvalue weighted by Crippen LogP contribution is -2.18. The summed E-state index contributed by atoms with van der Waals surface area (Å²) in [5, 5.41) is 8.36. The number of aliphatic carboxylic acids is 1. The lowest BCUT2D eigenvalue weighted by Gasteiger charge is -2.22. The smallest absolute Gasteiger partial charge is 0.303 e. The second kappa shape index (κ2) is 4.14. The van der Waals surface area contributed by atoms with Crippen molar-refractivity contribution in [1.29, 1.82) is 0 Å². The van der Waals surface area contributed by atoms with Crippen LogP contribution < -0.4 is 0 Å². The van der Waals surface area contributed by atoms with E-state index in [4.69, 9.17) is 9.84 Å². The summed E-state index contributed by atoms with van der Waals surface area (Å²) >= 11 is 0. The van der Waals surface area contributed by atoms with E-state index in [9.17, 15) is 4.79 Å². The molecule has 0 fully saturated rings. The molecular formula is C9H16O3. The summed E-state index contributed by atoms with van der Waals surface area (Å²) < 4.78 is 5.33. The average Bonchev–Trinajstić information content (AvgIpc) is 1.79. The van der Waals surface area contributed by atoms with Gasteiger partial charge in [0.1, 0.15) is 5.60 Å². The Hall–Kier alpha value is -0.990. The van der Waals surface area contributed by atoms with Gasteiger partial charge in [-0.1, -0.05) is 6.58 Å². The van der Waals surface area contributed by atoms with Crippen molar-refractivity contribution in [2.45, 2.75) is 39.2 Å². The SMILES string of the molecule is C=C(CCC(=O)O)OC(C)(C)C. The highest BCUT2D eigenvalue weighted by Gasteiger charge is 2.12. The highest BCUT2D eigenvalue weighted by atomic mass is 16.5. The molecule has 0 aliphatic rings. The molecule has 0 aliphatic heterocycles. The van der Waals surface area contributed by atoms with E-state index in [1.165, 1.54) is 0 Å². The topological polar surface area (TPSA) is 46.5 Å². The lowest BCUT2D eigenvalue weighted by molar-refractivity contribution is -0.137. The summed E-state index contributed by atoms with van der Waals surface area (Å²) in [6.45, 7) is 9.33. The molecule has 12 heavy (non-hydrogen) atoms. The van der Waals surface area contributed by atoms with Crippen LogP contribution in [0.1, 0.15) is 33.6 Å². The summed E-state index contributed by atoms with van der Waals surface area (Å²) in [6, 6.07) is 0. The van der Waals surface area contributed by atoms with Crippen molar-refractivity contribution >= 4 is 5.97 Å². The van der Waals surface area contributed by atoms with Crippen molar-refractivity contribution in [3.8, 4) is 0 Å². The Morgan fingerprint density at radius 1 is 1.42 bits per heavy atom. The Morgan fingerprint density at radius 3 is 2.25 bits per heavy atom. The van der Waals surface area contributed by atoms with Crippen LogP contribution in [-0.4, -0.2) is 16.7 Å². The minimum Gasteiger partial charge on any atom is -0.493 e. The van der Waals surface area contributed by atoms with E-state index in [1.54, 1.807) is 0 Å². The maximum Gasteiger partial charge on any atom is 0.303 e. The molecule has 0 radical (unpaired) electrons. The first-order valence-corrected chi connectivity index (χ1v) is 3.90. The van der Waals surface area contributed by atoms with Gasteiger partial charge < -0.3 is 9.84 Å². The molecule has 0 atom stereocenters. The molecule has 0 saturated carbocycles. The number of carbonyl (C=O) groups is 1.